The van der Waals surface area contributed by atoms with Crippen LogP contribution >= 0.6 is 0 Å². The molecule has 0 aliphatic carbocycles. The molecular weight excluding hydrogens is 324 g/mol. The summed E-state index contributed by atoms with van der Waals surface area (Å²) in [4.78, 5) is 26.9. The van der Waals surface area contributed by atoms with E-state index in [1.165, 1.54) is 0 Å². The average Bonchev–Trinajstić information content (AvgIpc) is 2.97. The maximum atomic E-state index is 12.8. The highest BCUT2D eigenvalue weighted by Crippen LogP contribution is 2.31. The fraction of sp³-hybridized carbons (Fsp3) is 0.364. The molecule has 1 heterocycles. The van der Waals surface area contributed by atoms with Crippen molar-refractivity contribution in [3.63, 3.8) is 0 Å². The van der Waals surface area contributed by atoms with Crippen LogP contribution in [-0.2, 0) is 15.0 Å². The topological polar surface area (TPSA) is 49.4 Å². The molecule has 1 saturated heterocycles. The lowest BCUT2D eigenvalue weighted by Gasteiger charge is -2.23. The highest BCUT2D eigenvalue weighted by Gasteiger charge is 2.35. The van der Waals surface area contributed by atoms with E-state index in [1.54, 1.807) is 4.90 Å². The first kappa shape index (κ1) is 18.2. The molecule has 0 bridgehead atoms. The summed E-state index contributed by atoms with van der Waals surface area (Å²) >= 11 is 0. The molecule has 1 aliphatic rings. The molecule has 2 amide bonds. The van der Waals surface area contributed by atoms with Crippen LogP contribution in [0, 0.1) is 12.8 Å². The minimum absolute atomic E-state index is 0.00175. The van der Waals surface area contributed by atoms with Crippen molar-refractivity contribution in [2.75, 3.05) is 16.8 Å². The zero-order chi connectivity index (χ0) is 18.9. The zero-order valence-electron chi connectivity index (χ0n) is 15.9. The quantitative estimate of drug-likeness (QED) is 0.898. The van der Waals surface area contributed by atoms with Crippen molar-refractivity contribution < 1.29 is 9.59 Å². The summed E-state index contributed by atoms with van der Waals surface area (Å²) in [5.74, 6) is -0.431. The van der Waals surface area contributed by atoms with Gasteiger partial charge in [0.1, 0.15) is 0 Å². The predicted octanol–water partition coefficient (Wildman–Crippen LogP) is 4.28. The molecule has 1 fully saturated rings. The Balaban J connectivity index is 1.74. The number of amides is 2. The van der Waals surface area contributed by atoms with E-state index in [2.05, 4.69) is 26.1 Å². The van der Waals surface area contributed by atoms with Crippen LogP contribution in [0.1, 0.15) is 38.3 Å². The second-order valence-electron chi connectivity index (χ2n) is 8.03. The molecule has 4 nitrogen and oxygen atoms in total. The molecule has 0 spiro atoms. The molecule has 26 heavy (non-hydrogen) atoms. The van der Waals surface area contributed by atoms with Crippen molar-refractivity contribution in [1.82, 2.24) is 0 Å². The first-order chi connectivity index (χ1) is 12.3. The van der Waals surface area contributed by atoms with Crippen LogP contribution in [-0.4, -0.2) is 18.4 Å². The summed E-state index contributed by atoms with van der Waals surface area (Å²) in [6.07, 6.45) is 0.247. The highest BCUT2D eigenvalue weighted by atomic mass is 16.2. The van der Waals surface area contributed by atoms with Gasteiger partial charge < -0.3 is 10.2 Å². The fourth-order valence-electron chi connectivity index (χ4n) is 3.34. The number of nitrogens with one attached hydrogen (secondary N) is 1. The standard InChI is InChI=1S/C22H26N2O2/c1-15-9-11-17(12-10-15)24-14-16(13-20(24)25)21(26)23-19-8-6-5-7-18(19)22(2,3)4/h5-12,16H,13-14H2,1-4H3,(H,23,26)/t16-/m0/s1. The maximum absolute atomic E-state index is 12.8. The van der Waals surface area contributed by atoms with Crippen LogP contribution in [0.4, 0.5) is 11.4 Å². The molecule has 0 unspecified atom stereocenters. The summed E-state index contributed by atoms with van der Waals surface area (Å²) in [7, 11) is 0. The molecule has 2 aromatic carbocycles. The predicted molar refractivity (Wildman–Crippen MR) is 105 cm³/mol. The second kappa shape index (κ2) is 6.94. The minimum Gasteiger partial charge on any atom is -0.326 e. The van der Waals surface area contributed by atoms with Crippen LogP contribution in [0.3, 0.4) is 0 Å². The Morgan fingerprint density at radius 2 is 1.73 bits per heavy atom. The molecule has 0 saturated carbocycles. The lowest BCUT2D eigenvalue weighted by Crippen LogP contribution is -2.28. The first-order valence-corrected chi connectivity index (χ1v) is 9.03. The molecule has 4 heteroatoms. The van der Waals surface area contributed by atoms with Gasteiger partial charge >= 0.3 is 0 Å². The van der Waals surface area contributed by atoms with Crippen molar-refractivity contribution in [2.24, 2.45) is 5.92 Å². The number of rotatable bonds is 3. The molecule has 1 N–H and O–H groups in total. The number of benzene rings is 2. The number of nitrogens with zero attached hydrogens (tertiary/aromatic N) is 1. The number of para-hydroxylation sites is 1. The van der Waals surface area contributed by atoms with Crippen molar-refractivity contribution in [3.8, 4) is 0 Å². The van der Waals surface area contributed by atoms with Gasteiger partial charge in [-0.3, -0.25) is 9.59 Å². The van der Waals surface area contributed by atoms with E-state index in [1.807, 2.05) is 55.5 Å². The molecule has 3 rings (SSSR count). The van der Waals surface area contributed by atoms with E-state index in [0.717, 1.165) is 22.5 Å². The Morgan fingerprint density at radius 3 is 2.38 bits per heavy atom. The fourth-order valence-corrected chi connectivity index (χ4v) is 3.34. The molecule has 2 aromatic rings. The van der Waals surface area contributed by atoms with E-state index in [9.17, 15) is 9.59 Å². The van der Waals surface area contributed by atoms with Gasteiger partial charge in [0, 0.05) is 24.3 Å². The Labute approximate surface area is 155 Å². The minimum atomic E-state index is -0.336. The van der Waals surface area contributed by atoms with Gasteiger partial charge in [-0.25, -0.2) is 0 Å². The summed E-state index contributed by atoms with van der Waals surface area (Å²) in [6, 6.07) is 15.7. The largest absolute Gasteiger partial charge is 0.326 e. The van der Waals surface area contributed by atoms with Gasteiger partial charge in [0.15, 0.2) is 0 Å². The molecular formula is C22H26N2O2. The number of carbonyl (C=O) groups is 2. The molecule has 0 radical (unpaired) electrons. The molecule has 1 atom stereocenters. The van der Waals surface area contributed by atoms with Gasteiger partial charge in [0.05, 0.1) is 5.92 Å². The van der Waals surface area contributed by atoms with E-state index in [0.29, 0.717) is 6.54 Å². The van der Waals surface area contributed by atoms with Crippen LogP contribution in [0.5, 0.6) is 0 Å². The Hall–Kier alpha value is -2.62. The number of aryl methyl sites for hydroxylation is 1. The Kier molecular flexibility index (Phi) is 4.86. The van der Waals surface area contributed by atoms with Crippen LogP contribution < -0.4 is 10.2 Å². The molecule has 0 aromatic heterocycles. The third-order valence-electron chi connectivity index (χ3n) is 4.83. The van der Waals surface area contributed by atoms with Crippen LogP contribution in [0.25, 0.3) is 0 Å². The number of hydrogen-bond donors (Lipinski definition) is 1. The SMILES string of the molecule is Cc1ccc(N2C[C@@H](C(=O)Nc3ccccc3C(C)(C)C)CC2=O)cc1. The Bertz CT molecular complexity index is 819. The zero-order valence-corrected chi connectivity index (χ0v) is 15.9. The first-order valence-electron chi connectivity index (χ1n) is 9.03. The van der Waals surface area contributed by atoms with E-state index in [-0.39, 0.29) is 29.6 Å². The number of carbonyl (C=O) groups excluding carboxylic acids is 2. The molecule has 1 aliphatic heterocycles. The smallest absolute Gasteiger partial charge is 0.229 e. The van der Waals surface area contributed by atoms with E-state index < -0.39 is 0 Å². The summed E-state index contributed by atoms with van der Waals surface area (Å²) < 4.78 is 0. The lowest BCUT2D eigenvalue weighted by molar-refractivity contribution is -0.122. The third-order valence-corrected chi connectivity index (χ3v) is 4.83. The van der Waals surface area contributed by atoms with Gasteiger partial charge in [0.2, 0.25) is 11.8 Å². The van der Waals surface area contributed by atoms with E-state index >= 15 is 0 Å². The third kappa shape index (κ3) is 3.79. The molecule has 136 valence electrons. The Morgan fingerprint density at radius 1 is 1.08 bits per heavy atom. The van der Waals surface area contributed by atoms with Crippen LogP contribution in [0.15, 0.2) is 48.5 Å². The number of anilines is 2. The summed E-state index contributed by atoms with van der Waals surface area (Å²) in [6.45, 7) is 8.80. The highest BCUT2D eigenvalue weighted by molar-refractivity contribution is 6.03. The van der Waals surface area contributed by atoms with E-state index in [4.69, 9.17) is 0 Å². The summed E-state index contributed by atoms with van der Waals surface area (Å²) in [5.41, 5.74) is 3.85. The van der Waals surface area contributed by atoms with Crippen molar-refractivity contribution in [2.45, 2.75) is 39.5 Å². The lowest BCUT2D eigenvalue weighted by atomic mass is 9.85. The monoisotopic (exact) mass is 350 g/mol. The summed E-state index contributed by atoms with van der Waals surface area (Å²) in [5, 5.41) is 3.04. The maximum Gasteiger partial charge on any atom is 0.229 e. The average molecular weight is 350 g/mol. The van der Waals surface area contributed by atoms with Crippen molar-refractivity contribution in [3.05, 3.63) is 59.7 Å². The van der Waals surface area contributed by atoms with Crippen molar-refractivity contribution >= 4 is 23.2 Å². The van der Waals surface area contributed by atoms with Gasteiger partial charge in [-0.05, 0) is 36.1 Å². The second-order valence-corrected chi connectivity index (χ2v) is 8.03. The van der Waals surface area contributed by atoms with Gasteiger partial charge in [-0.2, -0.15) is 0 Å². The van der Waals surface area contributed by atoms with Crippen molar-refractivity contribution in [1.29, 1.82) is 0 Å². The number of hydrogen-bond acceptors (Lipinski definition) is 2. The normalized spacial score (nSPS) is 17.5. The van der Waals surface area contributed by atoms with Gasteiger partial charge in [0.25, 0.3) is 0 Å². The van der Waals surface area contributed by atoms with Gasteiger partial charge in [-0.15, -0.1) is 0 Å². The van der Waals surface area contributed by atoms with Crippen LogP contribution in [0.2, 0.25) is 0 Å². The van der Waals surface area contributed by atoms with Gasteiger partial charge in [-0.1, -0.05) is 56.7 Å².